The fraction of sp³-hybridized carbons (Fsp3) is 0.615. The van der Waals surface area contributed by atoms with Crippen molar-refractivity contribution in [2.75, 3.05) is 0 Å². The third-order valence-electron chi connectivity index (χ3n) is 2.49. The molecule has 0 N–H and O–H groups in total. The van der Waals surface area contributed by atoms with Crippen LogP contribution in [0.5, 0.6) is 0 Å². The molecule has 0 saturated heterocycles. The number of rotatable bonds is 6. The van der Waals surface area contributed by atoms with E-state index in [0.717, 1.165) is 24.8 Å². The van der Waals surface area contributed by atoms with E-state index in [-0.39, 0.29) is 0 Å². The van der Waals surface area contributed by atoms with Gasteiger partial charge >= 0.3 is 0 Å². The van der Waals surface area contributed by atoms with Gasteiger partial charge in [0.1, 0.15) is 0 Å². The maximum atomic E-state index is 4.39. The molecule has 0 aromatic heterocycles. The fourth-order valence-corrected chi connectivity index (χ4v) is 1.09. The van der Waals surface area contributed by atoms with Crippen LogP contribution >= 0.6 is 0 Å². The van der Waals surface area contributed by atoms with E-state index in [1.165, 1.54) is 5.71 Å². The molecule has 0 aliphatic carbocycles. The number of allylic oxidation sites excluding steroid dienone is 2. The van der Waals surface area contributed by atoms with Crippen LogP contribution in [0.25, 0.3) is 0 Å². The first-order valence-electron chi connectivity index (χ1n) is 5.50. The van der Waals surface area contributed by atoms with Crippen LogP contribution in [-0.4, -0.2) is 5.71 Å². The normalized spacial score (nSPS) is 14.7. The third-order valence-corrected chi connectivity index (χ3v) is 2.49. The van der Waals surface area contributed by atoms with Crippen molar-refractivity contribution in [3.63, 3.8) is 0 Å². The molecule has 0 heterocycles. The summed E-state index contributed by atoms with van der Waals surface area (Å²) in [6.45, 7) is 12.6. The molecule has 0 aromatic carbocycles. The second kappa shape index (κ2) is 7.54. The number of hydrogen-bond acceptors (Lipinski definition) is 1. The summed E-state index contributed by atoms with van der Waals surface area (Å²) in [4.78, 5) is 4.39. The molecule has 0 spiro atoms. The fourth-order valence-electron chi connectivity index (χ4n) is 1.09. The summed E-state index contributed by atoms with van der Waals surface area (Å²) < 4.78 is 0. The zero-order chi connectivity index (χ0) is 11.0. The topological polar surface area (TPSA) is 12.4 Å². The summed E-state index contributed by atoms with van der Waals surface area (Å²) in [7, 11) is 0. The van der Waals surface area contributed by atoms with Crippen molar-refractivity contribution < 1.29 is 0 Å². The molecule has 0 rings (SSSR count). The van der Waals surface area contributed by atoms with Gasteiger partial charge in [-0.2, -0.15) is 0 Å². The van der Waals surface area contributed by atoms with Gasteiger partial charge in [-0.15, -0.1) is 0 Å². The van der Waals surface area contributed by atoms with Crippen LogP contribution in [0, 0.1) is 5.92 Å². The maximum Gasteiger partial charge on any atom is 0.0269 e. The smallest absolute Gasteiger partial charge is 0.0269 e. The van der Waals surface area contributed by atoms with E-state index in [1.807, 2.05) is 12.3 Å². The van der Waals surface area contributed by atoms with Crippen molar-refractivity contribution in [2.45, 2.75) is 47.0 Å². The second-order valence-electron chi connectivity index (χ2n) is 3.80. The van der Waals surface area contributed by atoms with Gasteiger partial charge in [0.15, 0.2) is 0 Å². The van der Waals surface area contributed by atoms with Crippen molar-refractivity contribution in [2.24, 2.45) is 10.9 Å². The number of hydrogen-bond donors (Lipinski definition) is 0. The Bertz CT molecular complexity index is 223. The SMILES string of the molecule is C=C(/C=C\N=C(\C)C(C)CC)CCC. The van der Waals surface area contributed by atoms with Gasteiger partial charge in [-0.1, -0.05) is 39.3 Å². The lowest BCUT2D eigenvalue weighted by molar-refractivity contribution is 0.736. The van der Waals surface area contributed by atoms with E-state index >= 15 is 0 Å². The molecule has 1 heteroatoms. The standard InChI is InChI=1S/C13H23N/c1-6-8-11(3)9-10-14-13(5)12(4)7-2/h9-10,12H,3,6-8H2,1-2,4-5H3/b10-9-,14-13-. The quantitative estimate of drug-likeness (QED) is 0.439. The average molecular weight is 193 g/mol. The Morgan fingerprint density at radius 1 is 1.43 bits per heavy atom. The lowest BCUT2D eigenvalue weighted by Crippen LogP contribution is -2.04. The molecule has 1 atom stereocenters. The first-order valence-corrected chi connectivity index (χ1v) is 5.50. The van der Waals surface area contributed by atoms with Gasteiger partial charge < -0.3 is 0 Å². The Hall–Kier alpha value is -0.850. The minimum absolute atomic E-state index is 0.582. The lowest BCUT2D eigenvalue weighted by Gasteiger charge is -2.05. The van der Waals surface area contributed by atoms with E-state index in [1.54, 1.807) is 0 Å². The second-order valence-corrected chi connectivity index (χ2v) is 3.80. The molecular weight excluding hydrogens is 170 g/mol. The number of aliphatic imine (C=N–C) groups is 1. The van der Waals surface area contributed by atoms with Crippen molar-refractivity contribution >= 4 is 5.71 Å². The summed E-state index contributed by atoms with van der Waals surface area (Å²) in [5, 5.41) is 0. The summed E-state index contributed by atoms with van der Waals surface area (Å²) in [6.07, 6.45) is 7.25. The van der Waals surface area contributed by atoms with Crippen LogP contribution in [-0.2, 0) is 0 Å². The largest absolute Gasteiger partial charge is 0.266 e. The molecule has 0 aliphatic heterocycles. The maximum absolute atomic E-state index is 4.39. The van der Waals surface area contributed by atoms with Crippen LogP contribution in [0.2, 0.25) is 0 Å². The molecule has 14 heavy (non-hydrogen) atoms. The molecule has 0 aromatic rings. The van der Waals surface area contributed by atoms with Crippen LogP contribution < -0.4 is 0 Å². The Kier molecular flexibility index (Phi) is 7.09. The van der Waals surface area contributed by atoms with E-state index in [4.69, 9.17) is 0 Å². The van der Waals surface area contributed by atoms with E-state index in [0.29, 0.717) is 5.92 Å². The highest BCUT2D eigenvalue weighted by molar-refractivity contribution is 5.84. The Labute approximate surface area is 88.6 Å². The van der Waals surface area contributed by atoms with E-state index in [2.05, 4.69) is 39.3 Å². The van der Waals surface area contributed by atoms with Gasteiger partial charge in [-0.25, -0.2) is 0 Å². The minimum Gasteiger partial charge on any atom is -0.266 e. The predicted octanol–water partition coefficient (Wildman–Crippen LogP) is 4.36. The molecule has 0 bridgehead atoms. The van der Waals surface area contributed by atoms with Gasteiger partial charge in [0.25, 0.3) is 0 Å². The van der Waals surface area contributed by atoms with Gasteiger partial charge in [0.05, 0.1) is 0 Å². The van der Waals surface area contributed by atoms with Crippen molar-refractivity contribution in [1.82, 2.24) is 0 Å². The highest BCUT2D eigenvalue weighted by atomic mass is 14.7. The third kappa shape index (κ3) is 5.74. The van der Waals surface area contributed by atoms with E-state index in [9.17, 15) is 0 Å². The van der Waals surface area contributed by atoms with Crippen LogP contribution in [0.3, 0.4) is 0 Å². The molecule has 1 unspecified atom stereocenters. The highest BCUT2D eigenvalue weighted by Crippen LogP contribution is 2.06. The van der Waals surface area contributed by atoms with Crippen LogP contribution in [0.1, 0.15) is 47.0 Å². The molecule has 0 aliphatic rings. The molecular formula is C13H23N. The zero-order valence-corrected chi connectivity index (χ0v) is 10.0. The highest BCUT2D eigenvalue weighted by Gasteiger charge is 1.99. The molecule has 0 saturated carbocycles. The monoisotopic (exact) mass is 193 g/mol. The molecule has 0 fully saturated rings. The average Bonchev–Trinajstić information content (AvgIpc) is 2.16. The van der Waals surface area contributed by atoms with Gasteiger partial charge in [0.2, 0.25) is 0 Å². The summed E-state index contributed by atoms with van der Waals surface area (Å²) in [5.41, 5.74) is 2.36. The Balaban J connectivity index is 4.07. The predicted molar refractivity (Wildman–Crippen MR) is 65.8 cm³/mol. The van der Waals surface area contributed by atoms with Crippen LogP contribution in [0.15, 0.2) is 29.4 Å². The molecule has 0 radical (unpaired) electrons. The summed E-state index contributed by atoms with van der Waals surface area (Å²) in [5.74, 6) is 0.582. The molecule has 1 nitrogen and oxygen atoms in total. The lowest BCUT2D eigenvalue weighted by atomic mass is 10.0. The summed E-state index contributed by atoms with van der Waals surface area (Å²) >= 11 is 0. The van der Waals surface area contributed by atoms with Crippen molar-refractivity contribution in [3.8, 4) is 0 Å². The van der Waals surface area contributed by atoms with E-state index < -0.39 is 0 Å². The van der Waals surface area contributed by atoms with Crippen molar-refractivity contribution in [3.05, 3.63) is 24.4 Å². The van der Waals surface area contributed by atoms with Crippen LogP contribution in [0.4, 0.5) is 0 Å². The van der Waals surface area contributed by atoms with Gasteiger partial charge in [-0.05, 0) is 31.8 Å². The van der Waals surface area contributed by atoms with Gasteiger partial charge in [0, 0.05) is 11.9 Å². The Morgan fingerprint density at radius 3 is 2.57 bits per heavy atom. The molecule has 80 valence electrons. The molecule has 0 amide bonds. The van der Waals surface area contributed by atoms with Gasteiger partial charge in [-0.3, -0.25) is 4.99 Å². The minimum atomic E-state index is 0.582. The van der Waals surface area contributed by atoms with Crippen molar-refractivity contribution in [1.29, 1.82) is 0 Å². The first kappa shape index (κ1) is 13.2. The number of nitrogens with zero attached hydrogens (tertiary/aromatic N) is 1. The summed E-state index contributed by atoms with van der Waals surface area (Å²) in [6, 6.07) is 0. The first-order chi connectivity index (χ1) is 6.61. The Morgan fingerprint density at radius 2 is 2.07 bits per heavy atom. The zero-order valence-electron chi connectivity index (χ0n) is 10.0.